The molecule has 7 heteroatoms. The Morgan fingerprint density at radius 2 is 2.05 bits per heavy atom. The maximum Gasteiger partial charge on any atom is 0.289 e. The highest BCUT2D eigenvalue weighted by Crippen LogP contribution is 2.29. The number of anilines is 2. The maximum absolute atomic E-state index is 10.9. The van der Waals surface area contributed by atoms with E-state index in [0.717, 1.165) is 4.47 Å². The zero-order chi connectivity index (χ0) is 15.4. The maximum atomic E-state index is 10.9. The second-order valence-electron chi connectivity index (χ2n) is 4.11. The lowest BCUT2D eigenvalue weighted by Crippen LogP contribution is -1.96. The molecular formula is C14H10BrN3O3. The van der Waals surface area contributed by atoms with Crippen LogP contribution in [-0.4, -0.2) is 12.0 Å². The van der Waals surface area contributed by atoms with Gasteiger partial charge in [0.25, 0.3) is 5.69 Å². The van der Waals surface area contributed by atoms with Crippen LogP contribution in [0.25, 0.3) is 0 Å². The van der Waals surface area contributed by atoms with Crippen molar-refractivity contribution < 1.29 is 9.66 Å². The summed E-state index contributed by atoms with van der Waals surface area (Å²) in [5, 5.41) is 22.8. The van der Waals surface area contributed by atoms with Crippen LogP contribution in [0.4, 0.5) is 17.1 Å². The van der Waals surface area contributed by atoms with E-state index in [2.05, 4.69) is 21.2 Å². The van der Waals surface area contributed by atoms with E-state index in [1.54, 1.807) is 31.4 Å². The fraction of sp³-hybridized carbons (Fsp3) is 0.0714. The third-order valence-corrected chi connectivity index (χ3v) is 3.17. The lowest BCUT2D eigenvalue weighted by molar-refractivity contribution is -0.385. The number of rotatable bonds is 4. The minimum atomic E-state index is -0.578. The second-order valence-corrected chi connectivity index (χ2v) is 5.02. The molecule has 21 heavy (non-hydrogen) atoms. The van der Waals surface area contributed by atoms with Crippen molar-refractivity contribution in [2.75, 3.05) is 12.4 Å². The number of nitrogens with one attached hydrogen (secondary N) is 1. The van der Waals surface area contributed by atoms with Crippen molar-refractivity contribution in [3.05, 3.63) is 56.5 Å². The van der Waals surface area contributed by atoms with Gasteiger partial charge in [0.15, 0.2) is 0 Å². The summed E-state index contributed by atoms with van der Waals surface area (Å²) < 4.78 is 5.96. The molecular weight excluding hydrogens is 338 g/mol. The molecule has 0 bridgehead atoms. The van der Waals surface area contributed by atoms with Gasteiger partial charge in [-0.3, -0.25) is 10.1 Å². The van der Waals surface area contributed by atoms with Gasteiger partial charge in [0.05, 0.1) is 12.0 Å². The first-order valence-electron chi connectivity index (χ1n) is 5.83. The number of halogens is 1. The molecule has 0 unspecified atom stereocenters. The number of hydrogen-bond acceptors (Lipinski definition) is 5. The SMILES string of the molecule is COc1cc(Br)cc(Nc2ccc(C#N)c([N+](=O)[O-])c2)c1. The van der Waals surface area contributed by atoms with E-state index in [-0.39, 0.29) is 11.3 Å². The Kier molecular flexibility index (Phi) is 4.40. The van der Waals surface area contributed by atoms with Crippen LogP contribution in [0.1, 0.15) is 5.56 Å². The number of nitrogens with zero attached hydrogens (tertiary/aromatic N) is 2. The van der Waals surface area contributed by atoms with E-state index < -0.39 is 4.92 Å². The summed E-state index contributed by atoms with van der Waals surface area (Å²) >= 11 is 3.36. The molecule has 0 radical (unpaired) electrons. The molecule has 6 nitrogen and oxygen atoms in total. The average Bonchev–Trinajstić information content (AvgIpc) is 2.46. The van der Waals surface area contributed by atoms with Gasteiger partial charge in [-0.2, -0.15) is 5.26 Å². The molecule has 0 amide bonds. The van der Waals surface area contributed by atoms with E-state index >= 15 is 0 Å². The highest BCUT2D eigenvalue weighted by Gasteiger charge is 2.14. The molecule has 2 rings (SSSR count). The Labute approximate surface area is 129 Å². The van der Waals surface area contributed by atoms with Crippen LogP contribution in [0, 0.1) is 21.4 Å². The van der Waals surface area contributed by atoms with E-state index in [1.165, 1.54) is 12.1 Å². The van der Waals surface area contributed by atoms with Crippen molar-refractivity contribution in [1.82, 2.24) is 0 Å². The van der Waals surface area contributed by atoms with Gasteiger partial charge in [0.2, 0.25) is 0 Å². The smallest absolute Gasteiger partial charge is 0.289 e. The van der Waals surface area contributed by atoms with E-state index in [0.29, 0.717) is 17.1 Å². The lowest BCUT2D eigenvalue weighted by Gasteiger charge is -2.09. The van der Waals surface area contributed by atoms with E-state index in [1.807, 2.05) is 6.07 Å². The number of ether oxygens (including phenoxy) is 1. The van der Waals surface area contributed by atoms with Crippen LogP contribution in [-0.2, 0) is 0 Å². The van der Waals surface area contributed by atoms with Crippen molar-refractivity contribution in [2.45, 2.75) is 0 Å². The summed E-state index contributed by atoms with van der Waals surface area (Å²) in [7, 11) is 1.55. The topological polar surface area (TPSA) is 88.2 Å². The Morgan fingerprint density at radius 1 is 1.29 bits per heavy atom. The largest absolute Gasteiger partial charge is 0.497 e. The molecule has 0 aromatic heterocycles. The summed E-state index contributed by atoms with van der Waals surface area (Å²) in [5.41, 5.74) is 1.02. The van der Waals surface area contributed by atoms with Gasteiger partial charge in [0.1, 0.15) is 17.4 Å². The van der Waals surface area contributed by atoms with Crippen LogP contribution in [0.5, 0.6) is 5.75 Å². The first-order chi connectivity index (χ1) is 10.0. The fourth-order valence-corrected chi connectivity index (χ4v) is 2.25. The molecule has 0 atom stereocenters. The van der Waals surface area contributed by atoms with Gasteiger partial charge in [0, 0.05) is 28.0 Å². The zero-order valence-electron chi connectivity index (χ0n) is 11.0. The van der Waals surface area contributed by atoms with Crippen LogP contribution in [0.2, 0.25) is 0 Å². The van der Waals surface area contributed by atoms with E-state index in [4.69, 9.17) is 10.00 Å². The molecule has 0 aliphatic rings. The lowest BCUT2D eigenvalue weighted by atomic mass is 10.1. The number of methoxy groups -OCH3 is 1. The molecule has 1 N–H and O–H groups in total. The van der Waals surface area contributed by atoms with Crippen LogP contribution >= 0.6 is 15.9 Å². The number of nitro groups is 1. The van der Waals surface area contributed by atoms with Crippen molar-refractivity contribution in [2.24, 2.45) is 0 Å². The molecule has 0 saturated heterocycles. The van der Waals surface area contributed by atoms with E-state index in [9.17, 15) is 10.1 Å². The molecule has 106 valence electrons. The van der Waals surface area contributed by atoms with Gasteiger partial charge in [-0.1, -0.05) is 15.9 Å². The Hall–Kier alpha value is -2.59. The van der Waals surface area contributed by atoms with Crippen LogP contribution in [0.3, 0.4) is 0 Å². The molecule has 0 heterocycles. The predicted octanol–water partition coefficient (Wildman–Crippen LogP) is 3.98. The van der Waals surface area contributed by atoms with Crippen molar-refractivity contribution >= 4 is 33.0 Å². The van der Waals surface area contributed by atoms with Gasteiger partial charge < -0.3 is 10.1 Å². The standard InChI is InChI=1S/C14H10BrN3O3/c1-21-13-5-10(15)4-12(6-13)17-11-3-2-9(8-16)14(7-11)18(19)20/h2-7,17H,1H3. The molecule has 2 aromatic carbocycles. The zero-order valence-corrected chi connectivity index (χ0v) is 12.5. The van der Waals surface area contributed by atoms with Gasteiger partial charge in [-0.25, -0.2) is 0 Å². The highest BCUT2D eigenvalue weighted by atomic mass is 79.9. The number of nitro benzene ring substituents is 1. The monoisotopic (exact) mass is 347 g/mol. The number of nitriles is 1. The van der Waals surface area contributed by atoms with Gasteiger partial charge in [-0.15, -0.1) is 0 Å². The molecule has 2 aromatic rings. The summed E-state index contributed by atoms with van der Waals surface area (Å²) in [5.74, 6) is 0.648. The minimum Gasteiger partial charge on any atom is -0.497 e. The molecule has 0 aliphatic heterocycles. The summed E-state index contributed by atoms with van der Waals surface area (Å²) in [6, 6.07) is 11.5. The van der Waals surface area contributed by atoms with Crippen LogP contribution in [0.15, 0.2) is 40.9 Å². The Bertz CT molecular complexity index is 741. The highest BCUT2D eigenvalue weighted by molar-refractivity contribution is 9.10. The minimum absolute atomic E-state index is 0.0253. The second kappa shape index (κ2) is 6.24. The summed E-state index contributed by atoms with van der Waals surface area (Å²) in [6.07, 6.45) is 0. The first kappa shape index (κ1) is 14.8. The molecule has 0 saturated carbocycles. The summed E-state index contributed by atoms with van der Waals surface area (Å²) in [6.45, 7) is 0. The molecule has 0 aliphatic carbocycles. The third-order valence-electron chi connectivity index (χ3n) is 2.71. The van der Waals surface area contributed by atoms with Crippen molar-refractivity contribution in [3.63, 3.8) is 0 Å². The predicted molar refractivity (Wildman–Crippen MR) is 81.8 cm³/mol. The van der Waals surface area contributed by atoms with Crippen molar-refractivity contribution in [1.29, 1.82) is 5.26 Å². The Morgan fingerprint density at radius 3 is 2.67 bits per heavy atom. The van der Waals surface area contributed by atoms with Crippen LogP contribution < -0.4 is 10.1 Å². The number of benzene rings is 2. The molecule has 0 fully saturated rings. The van der Waals surface area contributed by atoms with Crippen molar-refractivity contribution in [3.8, 4) is 11.8 Å². The first-order valence-corrected chi connectivity index (χ1v) is 6.63. The van der Waals surface area contributed by atoms with Gasteiger partial charge >= 0.3 is 0 Å². The number of hydrogen-bond donors (Lipinski definition) is 1. The average molecular weight is 348 g/mol. The van der Waals surface area contributed by atoms with Gasteiger partial charge in [-0.05, 0) is 24.3 Å². The quantitative estimate of drug-likeness (QED) is 0.667. The third kappa shape index (κ3) is 3.49. The normalized spacial score (nSPS) is 9.76. The fourth-order valence-electron chi connectivity index (χ4n) is 1.77. The summed E-state index contributed by atoms with van der Waals surface area (Å²) in [4.78, 5) is 10.4. The Balaban J connectivity index is 2.36. The molecule has 0 spiro atoms.